The molecular formula is C15H22N2O2S. The van der Waals surface area contributed by atoms with E-state index in [2.05, 4.69) is 0 Å². The quantitative estimate of drug-likeness (QED) is 0.858. The van der Waals surface area contributed by atoms with Gasteiger partial charge in [-0.1, -0.05) is 32.9 Å². The Hall–Kier alpha value is -1.38. The van der Waals surface area contributed by atoms with Crippen molar-refractivity contribution < 1.29 is 8.42 Å². The summed E-state index contributed by atoms with van der Waals surface area (Å²) in [7, 11) is -1.90. The fraction of sp³-hybridized carbons (Fsp3) is 0.533. The Labute approximate surface area is 122 Å². The summed E-state index contributed by atoms with van der Waals surface area (Å²) in [6.45, 7) is 7.95. The molecule has 0 aromatic heterocycles. The zero-order chi connectivity index (χ0) is 15.6. The van der Waals surface area contributed by atoms with Crippen molar-refractivity contribution >= 4 is 10.0 Å². The van der Waals surface area contributed by atoms with Gasteiger partial charge in [0.15, 0.2) is 0 Å². The van der Waals surface area contributed by atoms with Gasteiger partial charge in [-0.2, -0.15) is 9.57 Å². The molecule has 1 unspecified atom stereocenters. The van der Waals surface area contributed by atoms with Crippen LogP contribution in [0.3, 0.4) is 0 Å². The second-order valence-electron chi connectivity index (χ2n) is 6.04. The average molecular weight is 294 g/mol. The van der Waals surface area contributed by atoms with Crippen LogP contribution >= 0.6 is 0 Å². The molecule has 20 heavy (non-hydrogen) atoms. The molecule has 0 aliphatic carbocycles. The van der Waals surface area contributed by atoms with Crippen molar-refractivity contribution in [3.8, 4) is 6.07 Å². The molecule has 0 aliphatic rings. The Kier molecular flexibility index (Phi) is 4.95. The Morgan fingerprint density at radius 3 is 2.15 bits per heavy atom. The summed E-state index contributed by atoms with van der Waals surface area (Å²) in [6, 6.07) is 8.42. The molecule has 5 heteroatoms. The van der Waals surface area contributed by atoms with Crippen LogP contribution in [0.15, 0.2) is 29.2 Å². The van der Waals surface area contributed by atoms with Crippen LogP contribution in [0.4, 0.5) is 0 Å². The minimum atomic E-state index is -3.50. The third kappa shape index (κ3) is 3.59. The molecule has 1 atom stereocenters. The molecule has 0 heterocycles. The van der Waals surface area contributed by atoms with Crippen LogP contribution in [0.5, 0.6) is 0 Å². The first kappa shape index (κ1) is 16.7. The Bertz CT molecular complexity index is 592. The van der Waals surface area contributed by atoms with Crippen LogP contribution in [-0.2, 0) is 16.4 Å². The van der Waals surface area contributed by atoms with E-state index in [1.54, 1.807) is 31.3 Å². The van der Waals surface area contributed by atoms with E-state index >= 15 is 0 Å². The molecule has 0 amide bonds. The van der Waals surface area contributed by atoms with E-state index in [4.69, 9.17) is 5.26 Å². The van der Waals surface area contributed by atoms with Crippen molar-refractivity contribution in [1.29, 1.82) is 5.26 Å². The van der Waals surface area contributed by atoms with Gasteiger partial charge in [-0.15, -0.1) is 0 Å². The topological polar surface area (TPSA) is 61.2 Å². The lowest BCUT2D eigenvalue weighted by atomic mass is 9.88. The highest BCUT2D eigenvalue weighted by Gasteiger charge is 2.32. The minimum Gasteiger partial charge on any atom is -0.207 e. The lowest BCUT2D eigenvalue weighted by Crippen LogP contribution is -2.42. The van der Waals surface area contributed by atoms with Crippen LogP contribution in [-0.4, -0.2) is 25.8 Å². The van der Waals surface area contributed by atoms with Gasteiger partial charge in [0.2, 0.25) is 10.0 Å². The van der Waals surface area contributed by atoms with Crippen molar-refractivity contribution in [3.63, 3.8) is 0 Å². The molecule has 0 saturated heterocycles. The Balaban J connectivity index is 3.08. The van der Waals surface area contributed by atoms with E-state index in [9.17, 15) is 8.42 Å². The van der Waals surface area contributed by atoms with Crippen LogP contribution < -0.4 is 0 Å². The standard InChI is InChI=1S/C15H22N2O2S/c1-12(15(2,3)4)17(5)20(18,19)14-8-6-13(7-9-14)10-11-16/h6-9,12H,10H2,1-5H3. The largest absolute Gasteiger partial charge is 0.243 e. The van der Waals surface area contributed by atoms with Gasteiger partial charge in [0.1, 0.15) is 0 Å². The molecule has 1 aromatic rings. The van der Waals surface area contributed by atoms with Crippen molar-refractivity contribution in [3.05, 3.63) is 29.8 Å². The summed E-state index contributed by atoms with van der Waals surface area (Å²) >= 11 is 0. The zero-order valence-electron chi connectivity index (χ0n) is 12.7. The second-order valence-corrected chi connectivity index (χ2v) is 8.04. The first-order valence-corrected chi connectivity index (χ1v) is 7.98. The number of rotatable bonds is 4. The van der Waals surface area contributed by atoms with Crippen LogP contribution in [0, 0.1) is 16.7 Å². The number of nitriles is 1. The fourth-order valence-corrected chi connectivity index (χ4v) is 3.34. The Morgan fingerprint density at radius 2 is 1.75 bits per heavy atom. The Morgan fingerprint density at radius 1 is 1.25 bits per heavy atom. The van der Waals surface area contributed by atoms with E-state index in [0.29, 0.717) is 0 Å². The molecule has 4 nitrogen and oxygen atoms in total. The molecule has 0 radical (unpaired) electrons. The number of hydrogen-bond donors (Lipinski definition) is 0. The molecular weight excluding hydrogens is 272 g/mol. The first-order valence-electron chi connectivity index (χ1n) is 6.54. The third-order valence-corrected chi connectivity index (χ3v) is 5.62. The molecule has 0 aliphatic heterocycles. The number of hydrogen-bond acceptors (Lipinski definition) is 3. The third-order valence-electron chi connectivity index (χ3n) is 3.68. The van der Waals surface area contributed by atoms with Gasteiger partial charge in [-0.3, -0.25) is 0 Å². The average Bonchev–Trinajstić information content (AvgIpc) is 2.37. The summed E-state index contributed by atoms with van der Waals surface area (Å²) in [5.74, 6) is 0. The molecule has 1 aromatic carbocycles. The minimum absolute atomic E-state index is 0.119. The van der Waals surface area contributed by atoms with Gasteiger partial charge in [-0.05, 0) is 30.0 Å². The molecule has 110 valence electrons. The maximum absolute atomic E-state index is 12.6. The lowest BCUT2D eigenvalue weighted by Gasteiger charge is -2.34. The van der Waals surface area contributed by atoms with Crippen LogP contribution in [0.25, 0.3) is 0 Å². The molecule has 0 fully saturated rings. The van der Waals surface area contributed by atoms with E-state index in [0.717, 1.165) is 5.56 Å². The van der Waals surface area contributed by atoms with E-state index < -0.39 is 10.0 Å². The zero-order valence-corrected chi connectivity index (χ0v) is 13.5. The van der Waals surface area contributed by atoms with Gasteiger partial charge < -0.3 is 0 Å². The predicted molar refractivity (Wildman–Crippen MR) is 79.6 cm³/mol. The molecule has 0 N–H and O–H groups in total. The van der Waals surface area contributed by atoms with Crippen LogP contribution in [0.2, 0.25) is 0 Å². The first-order chi connectivity index (χ1) is 9.10. The summed E-state index contributed by atoms with van der Waals surface area (Å²) in [5, 5.41) is 8.62. The van der Waals surface area contributed by atoms with Crippen molar-refractivity contribution in [2.75, 3.05) is 7.05 Å². The maximum Gasteiger partial charge on any atom is 0.243 e. The van der Waals surface area contributed by atoms with E-state index in [-0.39, 0.29) is 22.8 Å². The SMILES string of the molecule is CC(N(C)S(=O)(=O)c1ccc(CC#N)cc1)C(C)(C)C. The molecule has 0 saturated carbocycles. The van der Waals surface area contributed by atoms with Gasteiger partial charge >= 0.3 is 0 Å². The van der Waals surface area contributed by atoms with Crippen LogP contribution in [0.1, 0.15) is 33.3 Å². The second kappa shape index (κ2) is 5.94. The van der Waals surface area contributed by atoms with Crippen molar-refractivity contribution in [1.82, 2.24) is 4.31 Å². The summed E-state index contributed by atoms with van der Waals surface area (Å²) in [6.07, 6.45) is 0.286. The van der Waals surface area contributed by atoms with E-state index in [1.165, 1.54) is 4.31 Å². The number of nitrogens with zero attached hydrogens (tertiary/aromatic N) is 2. The van der Waals surface area contributed by atoms with Gasteiger partial charge in [0.05, 0.1) is 17.4 Å². The maximum atomic E-state index is 12.6. The monoisotopic (exact) mass is 294 g/mol. The number of sulfonamides is 1. The summed E-state index contributed by atoms with van der Waals surface area (Å²) < 4.78 is 26.5. The van der Waals surface area contributed by atoms with Gasteiger partial charge in [-0.25, -0.2) is 8.42 Å². The number of benzene rings is 1. The smallest absolute Gasteiger partial charge is 0.207 e. The predicted octanol–water partition coefficient (Wildman–Crippen LogP) is 2.81. The van der Waals surface area contributed by atoms with Gasteiger partial charge in [0, 0.05) is 13.1 Å². The van der Waals surface area contributed by atoms with Crippen molar-refractivity contribution in [2.24, 2.45) is 5.41 Å². The highest BCUT2D eigenvalue weighted by Crippen LogP contribution is 2.27. The molecule has 1 rings (SSSR count). The lowest BCUT2D eigenvalue weighted by molar-refractivity contribution is 0.216. The highest BCUT2D eigenvalue weighted by atomic mass is 32.2. The van der Waals surface area contributed by atoms with E-state index in [1.807, 2.05) is 33.8 Å². The molecule has 0 spiro atoms. The fourth-order valence-electron chi connectivity index (χ4n) is 1.79. The summed E-state index contributed by atoms with van der Waals surface area (Å²) in [4.78, 5) is 0.262. The summed E-state index contributed by atoms with van der Waals surface area (Å²) in [5.41, 5.74) is 0.681. The van der Waals surface area contributed by atoms with Crippen molar-refractivity contribution in [2.45, 2.75) is 45.1 Å². The normalized spacial score (nSPS) is 14.1. The molecule has 0 bridgehead atoms. The van der Waals surface area contributed by atoms with Gasteiger partial charge in [0.25, 0.3) is 0 Å². The highest BCUT2D eigenvalue weighted by molar-refractivity contribution is 7.89.